The van der Waals surface area contributed by atoms with E-state index < -0.39 is 0 Å². The van der Waals surface area contributed by atoms with Crippen molar-refractivity contribution in [1.29, 1.82) is 0 Å². The van der Waals surface area contributed by atoms with E-state index in [0.717, 1.165) is 24.2 Å². The number of aromatic nitrogens is 1. The smallest absolute Gasteiger partial charge is 0.129 e. The molecule has 0 aliphatic rings. The Morgan fingerprint density at radius 3 is 2.47 bits per heavy atom. The normalized spacial score (nSPS) is 11.8. The fourth-order valence-electron chi connectivity index (χ4n) is 2.36. The van der Waals surface area contributed by atoms with Crippen molar-refractivity contribution in [3.05, 3.63) is 35.4 Å². The molecule has 0 aliphatic carbocycles. The van der Waals surface area contributed by atoms with E-state index in [2.05, 4.69) is 57.3 Å². The highest BCUT2D eigenvalue weighted by molar-refractivity contribution is 5.82. The molecule has 2 nitrogen and oxygen atoms in total. The van der Waals surface area contributed by atoms with E-state index in [1.54, 1.807) is 0 Å². The summed E-state index contributed by atoms with van der Waals surface area (Å²) >= 11 is 0. The summed E-state index contributed by atoms with van der Waals surface area (Å²) in [5.74, 6) is 1.01. The molecule has 102 valence electrons. The van der Waals surface area contributed by atoms with E-state index in [0.29, 0.717) is 0 Å². The summed E-state index contributed by atoms with van der Waals surface area (Å²) in [5, 5.41) is 4.45. The number of pyridine rings is 1. The number of rotatable bonds is 3. The fourth-order valence-corrected chi connectivity index (χ4v) is 2.36. The van der Waals surface area contributed by atoms with Crippen LogP contribution in [0.3, 0.4) is 0 Å². The lowest BCUT2D eigenvalue weighted by atomic mass is 9.86. The van der Waals surface area contributed by atoms with Crippen LogP contribution in [0.5, 0.6) is 0 Å². The fraction of sp³-hybridized carbons (Fsp3) is 0.471. The van der Waals surface area contributed by atoms with Gasteiger partial charge in [-0.25, -0.2) is 4.98 Å². The van der Waals surface area contributed by atoms with Gasteiger partial charge in [0.2, 0.25) is 0 Å². The van der Waals surface area contributed by atoms with Gasteiger partial charge in [-0.1, -0.05) is 40.2 Å². The SMILES string of the molecule is CCCc1cc2cc(C(C)(C)C)ccc2nc1NC. The minimum Gasteiger partial charge on any atom is -0.373 e. The minimum atomic E-state index is 0.181. The number of aryl methyl sites for hydroxylation is 1. The van der Waals surface area contributed by atoms with Gasteiger partial charge in [0.15, 0.2) is 0 Å². The molecule has 1 heterocycles. The highest BCUT2D eigenvalue weighted by Gasteiger charge is 2.14. The van der Waals surface area contributed by atoms with Gasteiger partial charge >= 0.3 is 0 Å². The predicted molar refractivity (Wildman–Crippen MR) is 84.0 cm³/mol. The Hall–Kier alpha value is -1.57. The van der Waals surface area contributed by atoms with Gasteiger partial charge in [-0.15, -0.1) is 0 Å². The maximum Gasteiger partial charge on any atom is 0.129 e. The molecule has 19 heavy (non-hydrogen) atoms. The van der Waals surface area contributed by atoms with Crippen molar-refractivity contribution in [2.75, 3.05) is 12.4 Å². The Kier molecular flexibility index (Phi) is 3.79. The molecule has 0 spiro atoms. The molecule has 0 fully saturated rings. The molecule has 0 unspecified atom stereocenters. The van der Waals surface area contributed by atoms with E-state index in [1.165, 1.54) is 16.5 Å². The molecule has 0 bridgehead atoms. The summed E-state index contributed by atoms with van der Waals surface area (Å²) in [7, 11) is 1.94. The molecule has 0 saturated heterocycles. The molecule has 2 rings (SSSR count). The number of hydrogen-bond donors (Lipinski definition) is 1. The van der Waals surface area contributed by atoms with Crippen LogP contribution in [0.1, 0.15) is 45.2 Å². The first-order valence-corrected chi connectivity index (χ1v) is 7.07. The highest BCUT2D eigenvalue weighted by atomic mass is 15.0. The van der Waals surface area contributed by atoms with Crippen molar-refractivity contribution in [3.8, 4) is 0 Å². The first kappa shape index (κ1) is 13.9. The van der Waals surface area contributed by atoms with E-state index in [4.69, 9.17) is 4.98 Å². The standard InChI is InChI=1S/C17H24N2/c1-6-7-12-10-13-11-14(17(2,3)4)8-9-15(13)19-16(12)18-5/h8-11H,6-7H2,1-5H3,(H,18,19). The molecule has 2 heteroatoms. The summed E-state index contributed by atoms with van der Waals surface area (Å²) in [6, 6.07) is 8.88. The summed E-state index contributed by atoms with van der Waals surface area (Å²) < 4.78 is 0. The Labute approximate surface area is 116 Å². The van der Waals surface area contributed by atoms with E-state index >= 15 is 0 Å². The molecule has 2 aromatic rings. The van der Waals surface area contributed by atoms with Crippen molar-refractivity contribution in [2.24, 2.45) is 0 Å². The Morgan fingerprint density at radius 1 is 1.16 bits per heavy atom. The van der Waals surface area contributed by atoms with Gasteiger partial charge in [-0.3, -0.25) is 0 Å². The molecule has 1 aromatic heterocycles. The second kappa shape index (κ2) is 5.20. The largest absolute Gasteiger partial charge is 0.373 e. The first-order valence-electron chi connectivity index (χ1n) is 7.07. The van der Waals surface area contributed by atoms with Crippen LogP contribution < -0.4 is 5.32 Å². The van der Waals surface area contributed by atoms with E-state index in [9.17, 15) is 0 Å². The zero-order valence-corrected chi connectivity index (χ0v) is 12.7. The predicted octanol–water partition coefficient (Wildman–Crippen LogP) is 4.53. The molecule has 0 saturated carbocycles. The van der Waals surface area contributed by atoms with Gasteiger partial charge in [0.1, 0.15) is 5.82 Å². The number of nitrogens with one attached hydrogen (secondary N) is 1. The minimum absolute atomic E-state index is 0.181. The third kappa shape index (κ3) is 2.89. The van der Waals surface area contributed by atoms with Crippen molar-refractivity contribution in [3.63, 3.8) is 0 Å². The van der Waals surface area contributed by atoms with Crippen LogP contribution in [0.4, 0.5) is 5.82 Å². The van der Waals surface area contributed by atoms with Crippen molar-refractivity contribution in [1.82, 2.24) is 4.98 Å². The second-order valence-electron chi connectivity index (χ2n) is 6.15. The van der Waals surface area contributed by atoms with Gasteiger partial charge in [0.25, 0.3) is 0 Å². The maximum atomic E-state index is 4.72. The van der Waals surface area contributed by atoms with E-state index in [1.807, 2.05) is 7.05 Å². The van der Waals surface area contributed by atoms with Crippen molar-refractivity contribution in [2.45, 2.75) is 46.0 Å². The number of hydrogen-bond acceptors (Lipinski definition) is 2. The summed E-state index contributed by atoms with van der Waals surface area (Å²) in [4.78, 5) is 4.72. The average Bonchev–Trinajstić information content (AvgIpc) is 2.36. The lowest BCUT2D eigenvalue weighted by molar-refractivity contribution is 0.591. The zero-order chi connectivity index (χ0) is 14.0. The van der Waals surface area contributed by atoms with Gasteiger partial charge in [0.05, 0.1) is 5.52 Å². The number of anilines is 1. The summed E-state index contributed by atoms with van der Waals surface area (Å²) in [6.45, 7) is 8.94. The number of benzene rings is 1. The van der Waals surface area contributed by atoms with Crippen LogP contribution in [0.15, 0.2) is 24.3 Å². The lowest BCUT2D eigenvalue weighted by Gasteiger charge is -2.19. The Balaban J connectivity index is 2.59. The third-order valence-corrected chi connectivity index (χ3v) is 3.52. The first-order chi connectivity index (χ1) is 8.95. The number of nitrogens with zero attached hydrogens (tertiary/aromatic N) is 1. The number of fused-ring (bicyclic) bond motifs is 1. The molecule has 0 aliphatic heterocycles. The lowest BCUT2D eigenvalue weighted by Crippen LogP contribution is -2.10. The highest BCUT2D eigenvalue weighted by Crippen LogP contribution is 2.28. The van der Waals surface area contributed by atoms with E-state index in [-0.39, 0.29) is 5.41 Å². The monoisotopic (exact) mass is 256 g/mol. The van der Waals surface area contributed by atoms with Gasteiger partial charge in [-0.2, -0.15) is 0 Å². The zero-order valence-electron chi connectivity index (χ0n) is 12.7. The Bertz CT molecular complexity index is 580. The van der Waals surface area contributed by atoms with Gasteiger partial charge in [0, 0.05) is 12.4 Å². The van der Waals surface area contributed by atoms with Crippen molar-refractivity contribution < 1.29 is 0 Å². The molecule has 0 atom stereocenters. The van der Waals surface area contributed by atoms with Crippen LogP contribution in [-0.2, 0) is 11.8 Å². The molecular formula is C17H24N2. The summed E-state index contributed by atoms with van der Waals surface area (Å²) in [5.41, 5.74) is 3.92. The van der Waals surface area contributed by atoms with Crippen LogP contribution in [0.25, 0.3) is 10.9 Å². The van der Waals surface area contributed by atoms with Gasteiger partial charge < -0.3 is 5.32 Å². The topological polar surface area (TPSA) is 24.9 Å². The van der Waals surface area contributed by atoms with Crippen LogP contribution >= 0.6 is 0 Å². The average molecular weight is 256 g/mol. The maximum absolute atomic E-state index is 4.72. The van der Waals surface area contributed by atoms with Crippen molar-refractivity contribution >= 4 is 16.7 Å². The molecule has 0 radical (unpaired) electrons. The van der Waals surface area contributed by atoms with Crippen LogP contribution in [0.2, 0.25) is 0 Å². The van der Waals surface area contributed by atoms with Crippen LogP contribution in [0, 0.1) is 0 Å². The molecule has 0 amide bonds. The molecule has 1 N–H and O–H groups in total. The Morgan fingerprint density at radius 2 is 1.89 bits per heavy atom. The second-order valence-corrected chi connectivity index (χ2v) is 6.15. The third-order valence-electron chi connectivity index (χ3n) is 3.52. The van der Waals surface area contributed by atoms with Crippen LogP contribution in [-0.4, -0.2) is 12.0 Å². The molecular weight excluding hydrogens is 232 g/mol. The van der Waals surface area contributed by atoms with Gasteiger partial charge in [-0.05, 0) is 41.2 Å². The quantitative estimate of drug-likeness (QED) is 0.873. The summed E-state index contributed by atoms with van der Waals surface area (Å²) in [6.07, 6.45) is 2.21. The molecule has 1 aromatic carbocycles.